The van der Waals surface area contributed by atoms with E-state index in [9.17, 15) is 4.79 Å². The van der Waals surface area contributed by atoms with Gasteiger partial charge in [0.15, 0.2) is 5.13 Å². The number of hydrogen-bond acceptors (Lipinski definition) is 4. The molecule has 0 fully saturated rings. The topological polar surface area (TPSA) is 61.0 Å². The molecule has 25 heavy (non-hydrogen) atoms. The summed E-state index contributed by atoms with van der Waals surface area (Å²) in [5, 5.41) is 6.73. The molecule has 2 aromatic heterocycles. The summed E-state index contributed by atoms with van der Waals surface area (Å²) < 4.78 is 0. The van der Waals surface area contributed by atoms with Crippen LogP contribution in [0.1, 0.15) is 24.6 Å². The van der Waals surface area contributed by atoms with Crippen molar-refractivity contribution in [3.05, 3.63) is 53.2 Å². The van der Waals surface area contributed by atoms with E-state index in [1.165, 1.54) is 40.3 Å². The summed E-state index contributed by atoms with van der Waals surface area (Å²) in [5.74, 6) is -0.0785. The molecular formula is C19H20N4OS. The van der Waals surface area contributed by atoms with Gasteiger partial charge in [-0.15, -0.1) is 11.3 Å². The summed E-state index contributed by atoms with van der Waals surface area (Å²) in [4.78, 5) is 21.3. The standard InChI is InChI=1S/C19H20N4OS/c1-13(24)21-19-22-15(12-25-19)11-23-8-6-14(7-9-23)17-10-20-18-5-3-2-4-16(17)18/h2-6,10,12,20H,7-9,11H2,1H3,(H,21,22,24). The van der Waals surface area contributed by atoms with Crippen LogP contribution in [0, 0.1) is 0 Å². The summed E-state index contributed by atoms with van der Waals surface area (Å²) in [6.45, 7) is 4.25. The molecule has 0 bridgehead atoms. The van der Waals surface area contributed by atoms with E-state index in [0.29, 0.717) is 5.13 Å². The highest BCUT2D eigenvalue weighted by Crippen LogP contribution is 2.29. The summed E-state index contributed by atoms with van der Waals surface area (Å²) >= 11 is 1.48. The molecule has 1 aliphatic heterocycles. The Bertz CT molecular complexity index is 940. The average Bonchev–Trinajstić information content (AvgIpc) is 3.22. The van der Waals surface area contributed by atoms with Crippen molar-refractivity contribution in [2.75, 3.05) is 18.4 Å². The molecule has 3 heterocycles. The lowest BCUT2D eigenvalue weighted by Gasteiger charge is -2.25. The fourth-order valence-electron chi connectivity index (χ4n) is 3.25. The molecule has 0 spiro atoms. The van der Waals surface area contributed by atoms with Gasteiger partial charge in [0, 0.05) is 54.6 Å². The van der Waals surface area contributed by atoms with E-state index in [2.05, 4.69) is 56.7 Å². The van der Waals surface area contributed by atoms with Gasteiger partial charge in [0.05, 0.1) is 5.69 Å². The van der Waals surface area contributed by atoms with Gasteiger partial charge in [-0.25, -0.2) is 4.98 Å². The normalized spacial score (nSPS) is 15.3. The number of aromatic nitrogens is 2. The molecule has 0 saturated heterocycles. The highest BCUT2D eigenvalue weighted by atomic mass is 32.1. The predicted molar refractivity (Wildman–Crippen MR) is 103 cm³/mol. The Hall–Kier alpha value is -2.44. The number of carbonyl (C=O) groups excluding carboxylic acids is 1. The molecule has 1 amide bonds. The van der Waals surface area contributed by atoms with Crippen LogP contribution >= 0.6 is 11.3 Å². The van der Waals surface area contributed by atoms with Crippen LogP contribution in [-0.4, -0.2) is 33.9 Å². The largest absolute Gasteiger partial charge is 0.361 e. The molecule has 2 N–H and O–H groups in total. The minimum atomic E-state index is -0.0785. The van der Waals surface area contributed by atoms with Crippen molar-refractivity contribution in [3.63, 3.8) is 0 Å². The highest BCUT2D eigenvalue weighted by Gasteiger charge is 2.16. The minimum Gasteiger partial charge on any atom is -0.361 e. The molecule has 0 saturated carbocycles. The number of aromatic amines is 1. The van der Waals surface area contributed by atoms with E-state index in [1.54, 1.807) is 0 Å². The van der Waals surface area contributed by atoms with Gasteiger partial charge >= 0.3 is 0 Å². The van der Waals surface area contributed by atoms with Crippen molar-refractivity contribution in [2.45, 2.75) is 19.9 Å². The van der Waals surface area contributed by atoms with E-state index in [1.807, 2.05) is 5.38 Å². The Labute approximate surface area is 150 Å². The molecule has 6 heteroatoms. The Morgan fingerprint density at radius 1 is 1.40 bits per heavy atom. The van der Waals surface area contributed by atoms with E-state index in [4.69, 9.17) is 0 Å². The van der Waals surface area contributed by atoms with E-state index < -0.39 is 0 Å². The van der Waals surface area contributed by atoms with E-state index in [-0.39, 0.29) is 5.91 Å². The van der Waals surface area contributed by atoms with Crippen molar-refractivity contribution in [2.24, 2.45) is 0 Å². The SMILES string of the molecule is CC(=O)Nc1nc(CN2CC=C(c3c[nH]c4ccccc34)CC2)cs1. The molecule has 3 aromatic rings. The lowest BCUT2D eigenvalue weighted by atomic mass is 9.99. The van der Waals surface area contributed by atoms with Crippen LogP contribution in [-0.2, 0) is 11.3 Å². The van der Waals surface area contributed by atoms with Gasteiger partial charge < -0.3 is 10.3 Å². The molecule has 0 atom stereocenters. The Balaban J connectivity index is 1.43. The lowest BCUT2D eigenvalue weighted by Crippen LogP contribution is -2.28. The zero-order valence-corrected chi connectivity index (χ0v) is 14.9. The van der Waals surface area contributed by atoms with Gasteiger partial charge in [0.1, 0.15) is 0 Å². The Morgan fingerprint density at radius 2 is 2.28 bits per heavy atom. The van der Waals surface area contributed by atoms with Crippen molar-refractivity contribution in [3.8, 4) is 0 Å². The third-order valence-corrected chi connectivity index (χ3v) is 5.26. The molecule has 128 valence electrons. The summed E-state index contributed by atoms with van der Waals surface area (Å²) in [7, 11) is 0. The number of nitrogens with zero attached hydrogens (tertiary/aromatic N) is 2. The molecule has 1 aliphatic rings. The number of H-pyrrole nitrogens is 1. The van der Waals surface area contributed by atoms with Crippen LogP contribution in [0.25, 0.3) is 16.5 Å². The number of hydrogen-bond donors (Lipinski definition) is 2. The first-order chi connectivity index (χ1) is 12.2. The number of benzene rings is 1. The fourth-order valence-corrected chi connectivity index (χ4v) is 4.00. The monoisotopic (exact) mass is 352 g/mol. The fraction of sp³-hybridized carbons (Fsp3) is 0.263. The molecule has 0 unspecified atom stereocenters. The summed E-state index contributed by atoms with van der Waals surface area (Å²) in [6, 6.07) is 8.43. The maximum Gasteiger partial charge on any atom is 0.223 e. The second-order valence-electron chi connectivity index (χ2n) is 6.29. The number of nitrogens with one attached hydrogen (secondary N) is 2. The van der Waals surface area contributed by atoms with Gasteiger partial charge in [0.2, 0.25) is 5.91 Å². The highest BCUT2D eigenvalue weighted by molar-refractivity contribution is 7.13. The van der Waals surface area contributed by atoms with Crippen LogP contribution in [0.2, 0.25) is 0 Å². The van der Waals surface area contributed by atoms with Crippen molar-refractivity contribution >= 4 is 38.9 Å². The Kier molecular flexibility index (Phi) is 4.38. The Morgan fingerprint density at radius 3 is 3.08 bits per heavy atom. The second-order valence-corrected chi connectivity index (χ2v) is 7.15. The van der Waals surface area contributed by atoms with Crippen LogP contribution in [0.3, 0.4) is 0 Å². The maximum atomic E-state index is 11.1. The number of amides is 1. The molecule has 4 rings (SSSR count). The zero-order chi connectivity index (χ0) is 17.2. The first-order valence-electron chi connectivity index (χ1n) is 8.39. The quantitative estimate of drug-likeness (QED) is 0.749. The van der Waals surface area contributed by atoms with Crippen molar-refractivity contribution < 1.29 is 4.79 Å². The van der Waals surface area contributed by atoms with Crippen molar-refractivity contribution in [1.29, 1.82) is 0 Å². The second kappa shape index (κ2) is 6.82. The molecule has 1 aromatic carbocycles. The number of para-hydroxylation sites is 1. The first kappa shape index (κ1) is 16.1. The maximum absolute atomic E-state index is 11.1. The van der Waals surface area contributed by atoms with Gasteiger partial charge in [-0.05, 0) is 18.1 Å². The smallest absolute Gasteiger partial charge is 0.223 e. The third-order valence-electron chi connectivity index (χ3n) is 4.45. The number of carbonyl (C=O) groups is 1. The third kappa shape index (κ3) is 3.50. The molecule has 0 aliphatic carbocycles. The molecular weight excluding hydrogens is 332 g/mol. The van der Waals surface area contributed by atoms with E-state index >= 15 is 0 Å². The van der Waals surface area contributed by atoms with Crippen molar-refractivity contribution in [1.82, 2.24) is 14.9 Å². The van der Waals surface area contributed by atoms with Gasteiger partial charge in [-0.1, -0.05) is 24.3 Å². The predicted octanol–water partition coefficient (Wildman–Crippen LogP) is 3.87. The summed E-state index contributed by atoms with van der Waals surface area (Å²) in [6.07, 6.45) is 5.47. The zero-order valence-electron chi connectivity index (χ0n) is 14.1. The number of thiazole rings is 1. The minimum absolute atomic E-state index is 0.0785. The number of fused-ring (bicyclic) bond motifs is 1. The first-order valence-corrected chi connectivity index (χ1v) is 9.27. The molecule has 5 nitrogen and oxygen atoms in total. The average molecular weight is 352 g/mol. The lowest BCUT2D eigenvalue weighted by molar-refractivity contribution is -0.114. The van der Waals surface area contributed by atoms with Crippen LogP contribution < -0.4 is 5.32 Å². The number of anilines is 1. The van der Waals surface area contributed by atoms with Crippen LogP contribution in [0.5, 0.6) is 0 Å². The molecule has 0 radical (unpaired) electrons. The number of rotatable bonds is 4. The van der Waals surface area contributed by atoms with Gasteiger partial charge in [-0.3, -0.25) is 9.69 Å². The summed E-state index contributed by atoms with van der Waals surface area (Å²) in [5.41, 5.74) is 4.93. The van der Waals surface area contributed by atoms with E-state index in [0.717, 1.165) is 31.7 Å². The van der Waals surface area contributed by atoms with Crippen LogP contribution in [0.4, 0.5) is 5.13 Å². The van der Waals surface area contributed by atoms with Crippen LogP contribution in [0.15, 0.2) is 41.9 Å². The van der Waals surface area contributed by atoms with Gasteiger partial charge in [-0.2, -0.15) is 0 Å². The van der Waals surface area contributed by atoms with Gasteiger partial charge in [0.25, 0.3) is 0 Å².